The normalized spacial score (nSPS) is 17.0. The van der Waals surface area contributed by atoms with E-state index in [9.17, 15) is 9.18 Å². The van der Waals surface area contributed by atoms with Gasteiger partial charge in [0.15, 0.2) is 5.69 Å². The Hall–Kier alpha value is -3.03. The van der Waals surface area contributed by atoms with E-state index in [1.165, 1.54) is 12.1 Å². The van der Waals surface area contributed by atoms with E-state index in [4.69, 9.17) is 0 Å². The predicted molar refractivity (Wildman–Crippen MR) is 92.3 cm³/mol. The van der Waals surface area contributed by atoms with Crippen LogP contribution >= 0.6 is 0 Å². The van der Waals surface area contributed by atoms with Crippen LogP contribution in [0.5, 0.6) is 0 Å². The number of halogens is 1. The van der Waals surface area contributed by atoms with Crippen molar-refractivity contribution in [3.63, 3.8) is 0 Å². The second-order valence-corrected chi connectivity index (χ2v) is 6.52. The lowest BCUT2D eigenvalue weighted by atomic mass is 10.1. The van der Waals surface area contributed by atoms with Crippen LogP contribution in [-0.2, 0) is 7.05 Å². The Morgan fingerprint density at radius 2 is 2.04 bits per heavy atom. The molecule has 1 aliphatic rings. The van der Waals surface area contributed by atoms with Gasteiger partial charge in [0.2, 0.25) is 0 Å². The van der Waals surface area contributed by atoms with E-state index in [1.54, 1.807) is 34.6 Å². The molecule has 4 rings (SSSR count). The van der Waals surface area contributed by atoms with E-state index in [1.807, 2.05) is 18.1 Å². The van der Waals surface area contributed by atoms with Gasteiger partial charge in [-0.15, -0.1) is 5.10 Å². The molecule has 2 aromatic heterocycles. The summed E-state index contributed by atoms with van der Waals surface area (Å²) in [5.74, 6) is -0.457. The molecule has 1 saturated heterocycles. The summed E-state index contributed by atoms with van der Waals surface area (Å²) in [5, 5.41) is 12.4. The topological polar surface area (TPSA) is 68.8 Å². The van der Waals surface area contributed by atoms with Gasteiger partial charge in [0.05, 0.1) is 23.6 Å². The van der Waals surface area contributed by atoms with Crippen LogP contribution in [0.3, 0.4) is 0 Å². The number of aromatic nitrogens is 5. The standard InChI is InChI=1S/C18H19FN6O/c1-12-17(21-22-25(12)15-7-5-14(19)6-8-15)18(26)24-9-3-4-16(24)13-10-20-23(2)11-13/h5-8,10-11,16H,3-4,9H2,1-2H3. The molecule has 26 heavy (non-hydrogen) atoms. The van der Waals surface area contributed by atoms with Crippen LogP contribution in [0.2, 0.25) is 0 Å². The first-order valence-corrected chi connectivity index (χ1v) is 8.52. The van der Waals surface area contributed by atoms with Gasteiger partial charge in [-0.25, -0.2) is 9.07 Å². The average Bonchev–Trinajstić information content (AvgIpc) is 3.34. The average molecular weight is 354 g/mol. The van der Waals surface area contributed by atoms with Crippen molar-refractivity contribution in [1.82, 2.24) is 29.7 Å². The molecule has 0 saturated carbocycles. The van der Waals surface area contributed by atoms with Crippen LogP contribution in [0.4, 0.5) is 4.39 Å². The Kier molecular flexibility index (Phi) is 4.02. The summed E-state index contributed by atoms with van der Waals surface area (Å²) >= 11 is 0. The van der Waals surface area contributed by atoms with E-state index < -0.39 is 0 Å². The molecule has 0 N–H and O–H groups in total. The quantitative estimate of drug-likeness (QED) is 0.724. The van der Waals surface area contributed by atoms with Crippen molar-refractivity contribution in [3.05, 3.63) is 59.4 Å². The zero-order valence-electron chi connectivity index (χ0n) is 14.6. The highest BCUT2D eigenvalue weighted by Crippen LogP contribution is 2.33. The molecule has 134 valence electrons. The van der Waals surface area contributed by atoms with Crippen LogP contribution in [0.15, 0.2) is 36.7 Å². The first-order chi connectivity index (χ1) is 12.5. The first kappa shape index (κ1) is 16.4. The lowest BCUT2D eigenvalue weighted by Crippen LogP contribution is -2.31. The molecule has 1 fully saturated rings. The van der Waals surface area contributed by atoms with Crippen LogP contribution < -0.4 is 0 Å². The molecule has 8 heteroatoms. The molecular weight excluding hydrogens is 335 g/mol. The third kappa shape index (κ3) is 2.77. The second kappa shape index (κ2) is 6.36. The number of hydrogen-bond acceptors (Lipinski definition) is 4. The number of rotatable bonds is 3. The Bertz CT molecular complexity index is 945. The second-order valence-electron chi connectivity index (χ2n) is 6.52. The lowest BCUT2D eigenvalue weighted by Gasteiger charge is -2.23. The molecule has 1 aliphatic heterocycles. The molecule has 0 spiro atoms. The number of amides is 1. The lowest BCUT2D eigenvalue weighted by molar-refractivity contribution is 0.0728. The minimum absolute atomic E-state index is 0.00608. The number of hydrogen-bond donors (Lipinski definition) is 0. The Morgan fingerprint density at radius 3 is 2.73 bits per heavy atom. The van der Waals surface area contributed by atoms with Gasteiger partial charge in [-0.3, -0.25) is 9.48 Å². The summed E-state index contributed by atoms with van der Waals surface area (Å²) in [5.41, 5.74) is 2.66. The van der Waals surface area contributed by atoms with Crippen LogP contribution in [0.1, 0.15) is 40.6 Å². The highest BCUT2D eigenvalue weighted by Gasteiger charge is 2.33. The minimum atomic E-state index is -0.320. The zero-order chi connectivity index (χ0) is 18.3. The number of aryl methyl sites for hydroxylation is 1. The third-order valence-electron chi connectivity index (χ3n) is 4.79. The minimum Gasteiger partial charge on any atom is -0.330 e. The van der Waals surface area contributed by atoms with Crippen molar-refractivity contribution in [3.8, 4) is 5.69 Å². The summed E-state index contributed by atoms with van der Waals surface area (Å²) in [6.07, 6.45) is 5.59. The van der Waals surface area contributed by atoms with Crippen molar-refractivity contribution in [2.24, 2.45) is 7.05 Å². The van der Waals surface area contributed by atoms with Gasteiger partial charge in [-0.05, 0) is 44.0 Å². The SMILES string of the molecule is Cc1c(C(=O)N2CCCC2c2cnn(C)c2)nnn1-c1ccc(F)cc1. The largest absolute Gasteiger partial charge is 0.330 e. The van der Waals surface area contributed by atoms with Crippen molar-refractivity contribution >= 4 is 5.91 Å². The maximum Gasteiger partial charge on any atom is 0.276 e. The van der Waals surface area contributed by atoms with Gasteiger partial charge in [-0.2, -0.15) is 5.10 Å². The summed E-state index contributed by atoms with van der Waals surface area (Å²) in [7, 11) is 1.86. The van der Waals surface area contributed by atoms with Gasteiger partial charge in [-0.1, -0.05) is 5.21 Å². The first-order valence-electron chi connectivity index (χ1n) is 8.52. The molecule has 1 aromatic carbocycles. The highest BCUT2D eigenvalue weighted by molar-refractivity contribution is 5.93. The molecule has 3 heterocycles. The molecule has 0 radical (unpaired) electrons. The van der Waals surface area contributed by atoms with Gasteiger partial charge in [0.1, 0.15) is 5.82 Å². The Labute approximate surface area is 150 Å². The van der Waals surface area contributed by atoms with Gasteiger partial charge >= 0.3 is 0 Å². The maximum atomic E-state index is 13.1. The van der Waals surface area contributed by atoms with Crippen molar-refractivity contribution in [1.29, 1.82) is 0 Å². The third-order valence-corrected chi connectivity index (χ3v) is 4.79. The summed E-state index contributed by atoms with van der Waals surface area (Å²) in [6, 6.07) is 5.94. The Balaban J connectivity index is 1.63. The molecule has 3 aromatic rings. The molecule has 1 amide bonds. The number of nitrogens with zero attached hydrogens (tertiary/aromatic N) is 6. The van der Waals surface area contributed by atoms with E-state index in [0.29, 0.717) is 23.6 Å². The fourth-order valence-corrected chi connectivity index (χ4v) is 3.46. The number of carbonyl (C=O) groups is 1. The molecule has 0 aliphatic carbocycles. The van der Waals surface area contributed by atoms with Crippen LogP contribution in [0.25, 0.3) is 5.69 Å². The van der Waals surface area contributed by atoms with Crippen LogP contribution in [-0.4, -0.2) is 42.1 Å². The van der Waals surface area contributed by atoms with E-state index in [-0.39, 0.29) is 17.8 Å². The molecule has 1 atom stereocenters. The van der Waals surface area contributed by atoms with E-state index >= 15 is 0 Å². The number of benzene rings is 1. The summed E-state index contributed by atoms with van der Waals surface area (Å²) in [6.45, 7) is 2.48. The van der Waals surface area contributed by atoms with Gasteiger partial charge < -0.3 is 4.90 Å². The Morgan fingerprint density at radius 1 is 1.27 bits per heavy atom. The fraction of sp³-hybridized carbons (Fsp3) is 0.333. The molecule has 7 nitrogen and oxygen atoms in total. The summed E-state index contributed by atoms with van der Waals surface area (Å²) < 4.78 is 16.4. The molecule has 1 unspecified atom stereocenters. The van der Waals surface area contributed by atoms with Crippen LogP contribution in [0, 0.1) is 12.7 Å². The predicted octanol–water partition coefficient (Wildman–Crippen LogP) is 2.43. The fourth-order valence-electron chi connectivity index (χ4n) is 3.46. The number of carbonyl (C=O) groups excluding carboxylic acids is 1. The van der Waals surface area contributed by atoms with Crippen molar-refractivity contribution in [2.45, 2.75) is 25.8 Å². The van der Waals surface area contributed by atoms with E-state index in [2.05, 4.69) is 15.4 Å². The van der Waals surface area contributed by atoms with E-state index in [0.717, 1.165) is 18.4 Å². The zero-order valence-corrected chi connectivity index (χ0v) is 14.6. The van der Waals surface area contributed by atoms with Crippen molar-refractivity contribution < 1.29 is 9.18 Å². The van der Waals surface area contributed by atoms with Gasteiger partial charge in [0, 0.05) is 25.4 Å². The monoisotopic (exact) mass is 354 g/mol. The van der Waals surface area contributed by atoms with Gasteiger partial charge in [0.25, 0.3) is 5.91 Å². The molecule has 0 bridgehead atoms. The highest BCUT2D eigenvalue weighted by atomic mass is 19.1. The smallest absolute Gasteiger partial charge is 0.276 e. The maximum absolute atomic E-state index is 13.1. The molecular formula is C18H19FN6O. The summed E-state index contributed by atoms with van der Waals surface area (Å²) in [4.78, 5) is 14.9. The number of likely N-dealkylation sites (tertiary alicyclic amines) is 1. The van der Waals surface area contributed by atoms with Crippen molar-refractivity contribution in [2.75, 3.05) is 6.54 Å².